The maximum atomic E-state index is 13.4. The number of anilines is 1. The van der Waals surface area contributed by atoms with Crippen molar-refractivity contribution in [1.29, 1.82) is 5.26 Å². The van der Waals surface area contributed by atoms with E-state index in [0.29, 0.717) is 11.3 Å². The predicted molar refractivity (Wildman–Crippen MR) is 128 cm³/mol. The van der Waals surface area contributed by atoms with Crippen LogP contribution in [0.25, 0.3) is 5.69 Å². The van der Waals surface area contributed by atoms with Crippen LogP contribution in [0.3, 0.4) is 0 Å². The Balaban J connectivity index is 2.02. The maximum absolute atomic E-state index is 13.4. The Morgan fingerprint density at radius 1 is 1.19 bits per heavy atom. The van der Waals surface area contributed by atoms with E-state index in [0.717, 1.165) is 28.2 Å². The fourth-order valence-electron chi connectivity index (χ4n) is 3.31. The average Bonchev–Trinajstić information content (AvgIpc) is 3.33. The number of alkyl halides is 3. The number of rotatable bonds is 6. The van der Waals surface area contributed by atoms with Gasteiger partial charge in [-0.2, -0.15) is 18.4 Å². The summed E-state index contributed by atoms with van der Waals surface area (Å²) in [4.78, 5) is 30.7. The second-order valence-electron chi connectivity index (χ2n) is 7.34. The molecule has 0 bridgehead atoms. The molecule has 186 valence electrons. The summed E-state index contributed by atoms with van der Waals surface area (Å²) < 4.78 is 46.7. The van der Waals surface area contributed by atoms with Gasteiger partial charge in [0.25, 0.3) is 5.91 Å². The van der Waals surface area contributed by atoms with Gasteiger partial charge in [0, 0.05) is 25.1 Å². The number of benzene rings is 2. The molecule has 0 aliphatic rings. The molecule has 0 saturated heterocycles. The second kappa shape index (κ2) is 11.0. The van der Waals surface area contributed by atoms with Crippen molar-refractivity contribution in [3.8, 4) is 11.8 Å². The third-order valence-corrected chi connectivity index (χ3v) is 5.22. The molecule has 0 unspecified atom stereocenters. The first-order chi connectivity index (χ1) is 17.1. The molecule has 2 amide bonds. The lowest BCUT2D eigenvalue weighted by Gasteiger charge is -2.32. The van der Waals surface area contributed by atoms with Gasteiger partial charge < -0.3 is 4.74 Å². The maximum Gasteiger partial charge on any atom is 0.416 e. The fraction of sp³-hybridized carbons (Fsp3) is 0.208. The molecule has 2 aromatic carbocycles. The number of halogens is 3. The van der Waals surface area contributed by atoms with Crippen LogP contribution in [0.15, 0.2) is 60.9 Å². The number of carbonyl (C=O) groups excluding carboxylic acids is 2. The first-order valence-corrected chi connectivity index (χ1v) is 10.9. The fourth-order valence-corrected chi connectivity index (χ4v) is 3.55. The number of nitrogens with zero attached hydrogens (tertiary/aromatic N) is 5. The summed E-state index contributed by atoms with van der Waals surface area (Å²) in [5, 5.41) is 10.6. The Hall–Kier alpha value is -4.24. The van der Waals surface area contributed by atoms with Gasteiger partial charge in [-0.3, -0.25) is 14.2 Å². The van der Waals surface area contributed by atoms with Crippen molar-refractivity contribution in [2.45, 2.75) is 19.5 Å². The third kappa shape index (κ3) is 5.87. The molecule has 3 rings (SSSR count). The van der Waals surface area contributed by atoms with Crippen molar-refractivity contribution in [2.75, 3.05) is 18.7 Å². The zero-order chi connectivity index (χ0) is 26.5. The van der Waals surface area contributed by atoms with E-state index in [1.165, 1.54) is 30.1 Å². The molecule has 36 heavy (non-hydrogen) atoms. The minimum absolute atomic E-state index is 0.0700. The predicted octanol–water partition coefficient (Wildman–Crippen LogP) is 4.54. The number of carbonyl (C=O) groups is 2. The highest BCUT2D eigenvalue weighted by atomic mass is 32.1. The minimum Gasteiger partial charge on any atom is -0.487 e. The summed E-state index contributed by atoms with van der Waals surface area (Å²) in [5.41, 5.74) is -0.264. The molecule has 0 N–H and O–H groups in total. The van der Waals surface area contributed by atoms with Crippen molar-refractivity contribution in [3.63, 3.8) is 0 Å². The van der Waals surface area contributed by atoms with Gasteiger partial charge in [-0.25, -0.2) is 15.0 Å². The van der Waals surface area contributed by atoms with Crippen LogP contribution in [-0.2, 0) is 15.7 Å². The smallest absolute Gasteiger partial charge is 0.416 e. The standard InChI is InChI=1S/C24H20F3N5O3S/c1-3-35-21(36)14-20(33)32(19-6-4-5-17(13-19)24(25,26)27)30(2)23(34)22-29-11-12-31(22)18-9-7-16(15-28)8-10-18/h4-13H,3,14H2,1-2H3. The Labute approximate surface area is 210 Å². The molecule has 0 atom stereocenters. The van der Waals surface area contributed by atoms with Crippen LogP contribution in [0, 0.1) is 11.3 Å². The van der Waals surface area contributed by atoms with E-state index in [2.05, 4.69) is 4.98 Å². The Kier molecular flexibility index (Phi) is 8.06. The molecule has 0 spiro atoms. The van der Waals surface area contributed by atoms with Gasteiger partial charge in [0.05, 0.1) is 35.9 Å². The number of hydrogen-bond acceptors (Lipinski definition) is 6. The summed E-state index contributed by atoms with van der Waals surface area (Å²) in [5.74, 6) is -1.67. The van der Waals surface area contributed by atoms with Crippen molar-refractivity contribution in [1.82, 2.24) is 14.6 Å². The Bertz CT molecular complexity index is 1320. The molecule has 1 aromatic heterocycles. The van der Waals surface area contributed by atoms with Crippen molar-refractivity contribution >= 4 is 34.8 Å². The number of amides is 2. The molecule has 12 heteroatoms. The van der Waals surface area contributed by atoms with Crippen LogP contribution in [0.1, 0.15) is 35.1 Å². The Morgan fingerprint density at radius 3 is 2.50 bits per heavy atom. The zero-order valence-electron chi connectivity index (χ0n) is 19.2. The van der Waals surface area contributed by atoms with E-state index < -0.39 is 30.0 Å². The largest absolute Gasteiger partial charge is 0.487 e. The first kappa shape index (κ1) is 26.4. The first-order valence-electron chi connectivity index (χ1n) is 10.5. The quantitative estimate of drug-likeness (QED) is 0.354. The van der Waals surface area contributed by atoms with Crippen LogP contribution < -0.4 is 5.01 Å². The molecule has 1 heterocycles. The van der Waals surface area contributed by atoms with Gasteiger partial charge in [0.1, 0.15) is 0 Å². The summed E-state index contributed by atoms with van der Waals surface area (Å²) >= 11 is 5.03. The number of hydrazine groups is 1. The van der Waals surface area contributed by atoms with Crippen LogP contribution in [0.4, 0.5) is 18.9 Å². The van der Waals surface area contributed by atoms with Crippen molar-refractivity contribution in [3.05, 3.63) is 77.9 Å². The van der Waals surface area contributed by atoms with Crippen LogP contribution in [0.5, 0.6) is 0 Å². The Morgan fingerprint density at radius 2 is 1.89 bits per heavy atom. The SMILES string of the molecule is CCOC(=S)CC(=O)N(c1cccc(C(F)(F)F)c1)N(C)C(=O)c1nccn1-c1ccc(C#N)cc1. The third-order valence-electron chi connectivity index (χ3n) is 4.96. The number of ether oxygens (including phenoxy) is 1. The molecule has 0 aliphatic carbocycles. The van der Waals surface area contributed by atoms with Gasteiger partial charge in [-0.15, -0.1) is 0 Å². The van der Waals surface area contributed by atoms with Crippen molar-refractivity contribution < 1.29 is 27.5 Å². The molecule has 0 saturated carbocycles. The van der Waals surface area contributed by atoms with Crippen LogP contribution in [-0.4, -0.2) is 45.1 Å². The van der Waals surface area contributed by atoms with Crippen LogP contribution >= 0.6 is 12.2 Å². The summed E-state index contributed by atoms with van der Waals surface area (Å²) in [6.45, 7) is 1.87. The van der Waals surface area contributed by atoms with E-state index in [1.807, 2.05) is 6.07 Å². The van der Waals surface area contributed by atoms with E-state index >= 15 is 0 Å². The van der Waals surface area contributed by atoms with Crippen molar-refractivity contribution in [2.24, 2.45) is 0 Å². The lowest BCUT2D eigenvalue weighted by Crippen LogP contribution is -2.49. The molecule has 3 aromatic rings. The van der Waals surface area contributed by atoms with E-state index in [4.69, 9.17) is 22.2 Å². The van der Waals surface area contributed by atoms with Gasteiger partial charge in [0.15, 0.2) is 5.05 Å². The summed E-state index contributed by atoms with van der Waals surface area (Å²) in [6, 6.07) is 12.3. The summed E-state index contributed by atoms with van der Waals surface area (Å²) in [7, 11) is 1.24. The highest BCUT2D eigenvalue weighted by Gasteiger charge is 2.33. The number of thiocarbonyl (C=S) groups is 1. The normalized spacial score (nSPS) is 10.9. The van der Waals surface area contributed by atoms with Gasteiger partial charge >= 0.3 is 12.1 Å². The van der Waals surface area contributed by atoms with E-state index in [1.54, 1.807) is 31.2 Å². The lowest BCUT2D eigenvalue weighted by atomic mass is 10.2. The molecule has 0 radical (unpaired) electrons. The monoisotopic (exact) mass is 515 g/mol. The van der Waals surface area contributed by atoms with E-state index in [9.17, 15) is 22.8 Å². The highest BCUT2D eigenvalue weighted by molar-refractivity contribution is 7.80. The number of aromatic nitrogens is 2. The highest BCUT2D eigenvalue weighted by Crippen LogP contribution is 2.32. The lowest BCUT2D eigenvalue weighted by molar-refractivity contribution is -0.137. The molecular weight excluding hydrogens is 495 g/mol. The molecule has 0 fully saturated rings. The molecular formula is C24H20F3N5O3S. The average molecular weight is 516 g/mol. The zero-order valence-corrected chi connectivity index (χ0v) is 20.0. The number of hydrogen-bond donors (Lipinski definition) is 0. The van der Waals surface area contributed by atoms with E-state index in [-0.39, 0.29) is 23.2 Å². The van der Waals surface area contributed by atoms with Gasteiger partial charge in [-0.1, -0.05) is 6.07 Å². The second-order valence-corrected chi connectivity index (χ2v) is 7.80. The van der Waals surface area contributed by atoms with Crippen LogP contribution in [0.2, 0.25) is 0 Å². The van der Waals surface area contributed by atoms with Gasteiger partial charge in [0.2, 0.25) is 5.82 Å². The molecule has 0 aliphatic heterocycles. The topological polar surface area (TPSA) is 91.5 Å². The number of imidazole rings is 1. The minimum atomic E-state index is -4.67. The summed E-state index contributed by atoms with van der Waals surface area (Å²) in [6.07, 6.45) is -2.25. The number of nitriles is 1. The van der Waals surface area contributed by atoms with Gasteiger partial charge in [-0.05, 0) is 61.6 Å². The molecule has 8 nitrogen and oxygen atoms in total.